The number of pyridine rings is 1. The Balaban J connectivity index is 0.00000110. The molecule has 26 heavy (non-hydrogen) atoms. The molecule has 0 unspecified atom stereocenters. The van der Waals surface area contributed by atoms with Crippen molar-refractivity contribution in [1.29, 1.82) is 0 Å². The van der Waals surface area contributed by atoms with Crippen molar-refractivity contribution in [2.24, 2.45) is 23.3 Å². The molecule has 0 spiro atoms. The maximum Gasteiger partial charge on any atom is 0.310 e. The molecule has 0 bridgehead atoms. The van der Waals surface area contributed by atoms with Crippen molar-refractivity contribution in [2.75, 3.05) is 12.8 Å². The first-order chi connectivity index (χ1) is 11.9. The third-order valence-electron chi connectivity index (χ3n) is 3.11. The summed E-state index contributed by atoms with van der Waals surface area (Å²) in [5, 5.41) is 0. The second-order valence-corrected chi connectivity index (χ2v) is 7.66. The van der Waals surface area contributed by atoms with Crippen LogP contribution in [0.4, 0.5) is 0 Å². The summed E-state index contributed by atoms with van der Waals surface area (Å²) in [6, 6.07) is 3.28. The van der Waals surface area contributed by atoms with Crippen LogP contribution in [0.3, 0.4) is 0 Å². The second kappa shape index (κ2) is 11.6. The van der Waals surface area contributed by atoms with E-state index < -0.39 is 16.0 Å². The van der Waals surface area contributed by atoms with Gasteiger partial charge in [-0.1, -0.05) is 13.8 Å². The van der Waals surface area contributed by atoms with Gasteiger partial charge in [-0.2, -0.15) is 4.57 Å². The number of rotatable bonds is 8. The lowest BCUT2D eigenvalue weighted by molar-refractivity contribution is -0.727. The lowest BCUT2D eigenvalue weighted by atomic mass is 9.94. The van der Waals surface area contributed by atoms with Gasteiger partial charge in [0, 0.05) is 18.7 Å². The molecule has 10 heteroatoms. The Hall–Kier alpha value is -2.04. The van der Waals surface area contributed by atoms with E-state index >= 15 is 0 Å². The molecule has 1 atom stereocenters. The van der Waals surface area contributed by atoms with Crippen molar-refractivity contribution in [1.82, 2.24) is 0 Å². The van der Waals surface area contributed by atoms with Crippen molar-refractivity contribution in [3.8, 4) is 0 Å². The van der Waals surface area contributed by atoms with Crippen LogP contribution in [-0.2, 0) is 26.4 Å². The van der Waals surface area contributed by atoms with Crippen LogP contribution in [0, 0.1) is 11.8 Å². The quantitative estimate of drug-likeness (QED) is 0.352. The minimum absolute atomic E-state index is 0.0545. The van der Waals surface area contributed by atoms with Crippen molar-refractivity contribution in [2.45, 2.75) is 33.4 Å². The molecule has 0 aromatic carbocycles. The highest BCUT2D eigenvalue weighted by atomic mass is 32.2. The predicted octanol–water partition coefficient (Wildman–Crippen LogP) is -0.254. The number of nitrogens with zero attached hydrogens (tertiary/aromatic N) is 1. The van der Waals surface area contributed by atoms with Crippen molar-refractivity contribution >= 4 is 22.0 Å². The number of carbonyl (C=O) groups is 2. The van der Waals surface area contributed by atoms with Gasteiger partial charge in [-0.05, 0) is 30.9 Å². The van der Waals surface area contributed by atoms with Gasteiger partial charge < -0.3 is 20.8 Å². The Labute approximate surface area is 154 Å². The molecular formula is C16H27N3O6S. The SMILES string of the molecule is CC(C)C[C@H](CN)CC(=O)OC[n+]1cccc(C(N)=O)c1.CS(=O)(=O)[O-]. The number of carbonyl (C=O) groups excluding carboxylic acids is 2. The fraction of sp³-hybridized carbons (Fsp3) is 0.562. The highest BCUT2D eigenvalue weighted by Crippen LogP contribution is 2.14. The smallest absolute Gasteiger partial charge is 0.310 e. The summed E-state index contributed by atoms with van der Waals surface area (Å²) in [4.78, 5) is 22.9. The summed E-state index contributed by atoms with van der Waals surface area (Å²) in [6.45, 7) is 4.72. The number of aromatic nitrogens is 1. The number of ether oxygens (including phenoxy) is 1. The standard InChI is InChI=1S/C15H23N3O3.CH4O3S/c1-11(2)6-12(8-16)7-14(19)21-10-18-5-3-4-13(9-18)15(17)20;1-5(2,3)4/h3-5,9,11-12H,6-8,10,16H2,1-2H3,(H-,17,20);1H3,(H,2,3,4)/t12-;/m0./s1. The number of esters is 1. The molecule has 0 aliphatic heterocycles. The van der Waals surface area contributed by atoms with Gasteiger partial charge >= 0.3 is 5.97 Å². The first kappa shape index (κ1) is 24.0. The summed E-state index contributed by atoms with van der Waals surface area (Å²) >= 11 is 0. The molecule has 0 aliphatic carbocycles. The summed E-state index contributed by atoms with van der Waals surface area (Å²) < 4.78 is 34.0. The Morgan fingerprint density at radius 2 is 1.92 bits per heavy atom. The Morgan fingerprint density at radius 1 is 1.35 bits per heavy atom. The van der Waals surface area contributed by atoms with E-state index in [4.69, 9.17) is 29.2 Å². The van der Waals surface area contributed by atoms with E-state index in [1.165, 1.54) is 0 Å². The van der Waals surface area contributed by atoms with Gasteiger partial charge in [0.05, 0.1) is 10.1 Å². The van der Waals surface area contributed by atoms with Gasteiger partial charge in [-0.15, -0.1) is 0 Å². The molecule has 0 aliphatic rings. The van der Waals surface area contributed by atoms with E-state index in [1.807, 2.05) is 0 Å². The van der Waals surface area contributed by atoms with E-state index in [1.54, 1.807) is 29.1 Å². The zero-order valence-corrected chi connectivity index (χ0v) is 16.1. The van der Waals surface area contributed by atoms with Gasteiger partial charge in [0.2, 0.25) is 0 Å². The third-order valence-corrected chi connectivity index (χ3v) is 3.11. The molecule has 1 rings (SSSR count). The van der Waals surface area contributed by atoms with Gasteiger partial charge in [0.15, 0.2) is 12.4 Å². The molecule has 9 nitrogen and oxygen atoms in total. The maximum atomic E-state index is 11.8. The maximum absolute atomic E-state index is 11.8. The van der Waals surface area contributed by atoms with Gasteiger partial charge in [-0.3, -0.25) is 9.59 Å². The Kier molecular flexibility index (Phi) is 10.6. The van der Waals surface area contributed by atoms with Crippen molar-refractivity contribution in [3.63, 3.8) is 0 Å². The van der Waals surface area contributed by atoms with Crippen molar-refractivity contribution in [3.05, 3.63) is 30.1 Å². The molecule has 4 N–H and O–H groups in total. The van der Waals surface area contributed by atoms with Gasteiger partial charge in [-0.25, -0.2) is 8.42 Å². The van der Waals surface area contributed by atoms with Crippen LogP contribution >= 0.6 is 0 Å². The highest BCUT2D eigenvalue weighted by Gasteiger charge is 2.16. The molecule has 1 amide bonds. The van der Waals surface area contributed by atoms with Crippen LogP contribution in [0.2, 0.25) is 0 Å². The van der Waals surface area contributed by atoms with Gasteiger partial charge in [0.1, 0.15) is 5.56 Å². The average molecular weight is 389 g/mol. The molecule has 1 heterocycles. The molecule has 0 radical (unpaired) electrons. The molecule has 0 fully saturated rings. The van der Waals surface area contributed by atoms with Crippen LogP contribution in [0.25, 0.3) is 0 Å². The largest absolute Gasteiger partial charge is 0.748 e. The predicted molar refractivity (Wildman–Crippen MR) is 93.5 cm³/mol. The molecule has 1 aromatic rings. The third kappa shape index (κ3) is 13.3. The molecule has 1 aromatic heterocycles. The summed E-state index contributed by atoms with van der Waals surface area (Å²) in [6.07, 6.45) is 5.06. The summed E-state index contributed by atoms with van der Waals surface area (Å²) in [7, 11) is -3.92. The zero-order chi connectivity index (χ0) is 20.3. The summed E-state index contributed by atoms with van der Waals surface area (Å²) in [5.74, 6) is -0.175. The normalized spacial score (nSPS) is 12.1. The number of primary amides is 1. The fourth-order valence-electron chi connectivity index (χ4n) is 2.12. The van der Waals surface area contributed by atoms with Crippen molar-refractivity contribution < 1.29 is 31.9 Å². The topological polar surface area (TPSA) is 156 Å². The molecule has 148 valence electrons. The molecular weight excluding hydrogens is 362 g/mol. The second-order valence-electron chi connectivity index (χ2n) is 6.26. The van der Waals surface area contributed by atoms with E-state index in [0.717, 1.165) is 6.42 Å². The van der Waals surface area contributed by atoms with Crippen LogP contribution < -0.4 is 16.0 Å². The van der Waals surface area contributed by atoms with Crippen LogP contribution in [0.1, 0.15) is 37.0 Å². The fourth-order valence-corrected chi connectivity index (χ4v) is 2.12. The number of nitrogens with two attached hydrogens (primary N) is 2. The van der Waals surface area contributed by atoms with Crippen LogP contribution in [-0.4, -0.2) is 37.6 Å². The minimum Gasteiger partial charge on any atom is -0.748 e. The van der Waals surface area contributed by atoms with E-state index in [0.29, 0.717) is 30.7 Å². The van der Waals surface area contributed by atoms with E-state index in [2.05, 4.69) is 13.8 Å². The van der Waals surface area contributed by atoms with E-state index in [9.17, 15) is 9.59 Å². The Bertz CT molecular complexity index is 683. The number of hydrogen-bond donors (Lipinski definition) is 2. The number of hydrogen-bond acceptors (Lipinski definition) is 7. The zero-order valence-electron chi connectivity index (χ0n) is 15.3. The van der Waals surface area contributed by atoms with Gasteiger partial charge in [0.25, 0.3) is 12.6 Å². The van der Waals surface area contributed by atoms with E-state index in [-0.39, 0.29) is 18.6 Å². The number of amides is 1. The lowest BCUT2D eigenvalue weighted by Crippen LogP contribution is -2.37. The minimum atomic E-state index is -3.92. The summed E-state index contributed by atoms with van der Waals surface area (Å²) in [5.41, 5.74) is 11.2. The van der Waals surface area contributed by atoms with Crippen LogP contribution in [0.15, 0.2) is 24.5 Å². The first-order valence-electron chi connectivity index (χ1n) is 7.97. The molecule has 0 saturated carbocycles. The lowest BCUT2D eigenvalue weighted by Gasteiger charge is -2.15. The highest BCUT2D eigenvalue weighted by molar-refractivity contribution is 7.84. The average Bonchev–Trinajstić information content (AvgIpc) is 2.50. The van der Waals surface area contributed by atoms with Crippen LogP contribution in [0.5, 0.6) is 0 Å². The molecule has 0 saturated heterocycles. The monoisotopic (exact) mass is 389 g/mol. The Morgan fingerprint density at radius 3 is 2.38 bits per heavy atom. The first-order valence-corrected chi connectivity index (χ1v) is 9.79.